The standard InChI is InChI=1S/3C22H22NO.C20H20N.C19H16NO/c3*1-14(2)16-11-12-23(4)19(13-16)21-15(3)9-10-18-17-7-5-6-8-20(17)24-22(18)21;1-15-9-7-8-12-18(15)20-13-16(2)19(14-21(20)3)17-10-5-4-6-11-17;1-13-10-11-15-14-7-3-4-9-17(14)21-19(15)18(13)16-8-5-6-12-20(16)2/h3*5-14H,1-4H3;4-14H,1-3H3;3-12H,1-2H3/q5*+1/i1D3,14D;14D;;;. The Kier molecular flexibility index (Phi) is 20.0. The van der Waals surface area contributed by atoms with Crippen LogP contribution in [0, 0.1) is 41.5 Å². The van der Waals surface area contributed by atoms with Gasteiger partial charge in [-0.3, -0.25) is 0 Å². The predicted octanol–water partition coefficient (Wildman–Crippen LogP) is 25.4. The summed E-state index contributed by atoms with van der Waals surface area (Å²) < 4.78 is 75.6. The van der Waals surface area contributed by atoms with E-state index in [0.29, 0.717) is 11.5 Å². The Morgan fingerprint density at radius 1 is 0.272 bits per heavy atom. The number of aromatic nitrogens is 5. The van der Waals surface area contributed by atoms with E-state index in [2.05, 4.69) is 276 Å². The molecule has 1 atom stereocenters. The minimum Gasteiger partial charge on any atom is -0.455 e. The average Bonchev–Trinajstić information content (AvgIpc) is 1.67. The highest BCUT2D eigenvalue weighted by atomic mass is 16.3. The Bertz CT molecular complexity index is 7060. The molecule has 9 nitrogen and oxygen atoms in total. The Labute approximate surface area is 676 Å². The molecule has 0 saturated heterocycles. The first-order valence-electron chi connectivity index (χ1n) is 41.7. The molecule has 0 aliphatic rings. The van der Waals surface area contributed by atoms with Crippen LogP contribution in [0.3, 0.4) is 0 Å². The largest absolute Gasteiger partial charge is 0.455 e. The van der Waals surface area contributed by atoms with Gasteiger partial charge >= 0.3 is 0 Å². The quantitative estimate of drug-likeness (QED) is 0.135. The third-order valence-corrected chi connectivity index (χ3v) is 22.2. The summed E-state index contributed by atoms with van der Waals surface area (Å²) in [5.41, 5.74) is 31.0. The highest BCUT2D eigenvalue weighted by molar-refractivity contribution is 6.13. The maximum absolute atomic E-state index is 8.46. The fraction of sp³-hybridized carbons (Fsp3) is 0.190. The third kappa shape index (κ3) is 15.0. The van der Waals surface area contributed by atoms with Gasteiger partial charge in [0.2, 0.25) is 28.5 Å². The lowest BCUT2D eigenvalue weighted by atomic mass is 9.97. The lowest BCUT2D eigenvalue weighted by Crippen LogP contribution is -2.31. The molecule has 0 aliphatic heterocycles. The van der Waals surface area contributed by atoms with Crippen molar-refractivity contribution in [3.8, 4) is 67.4 Å². The van der Waals surface area contributed by atoms with Gasteiger partial charge in [0.15, 0.2) is 31.0 Å². The second-order valence-electron chi connectivity index (χ2n) is 30.7. The van der Waals surface area contributed by atoms with Crippen molar-refractivity contribution in [2.24, 2.45) is 35.2 Å². The van der Waals surface area contributed by atoms with Crippen LogP contribution in [-0.4, -0.2) is 0 Å². The van der Waals surface area contributed by atoms with Crippen molar-refractivity contribution in [1.29, 1.82) is 0 Å². The number of benzene rings is 10. The second-order valence-corrected chi connectivity index (χ2v) is 30.7. The van der Waals surface area contributed by atoms with Crippen molar-refractivity contribution < 1.29 is 47.4 Å². The molecule has 9 aromatic heterocycles. The normalized spacial score (nSPS) is 12.8. The molecule has 0 spiro atoms. The first-order chi connectivity index (χ1) is 56.9. The molecule has 0 bridgehead atoms. The van der Waals surface area contributed by atoms with Crippen molar-refractivity contribution in [2.75, 3.05) is 0 Å². The summed E-state index contributed by atoms with van der Waals surface area (Å²) in [4.78, 5) is 0. The van der Waals surface area contributed by atoms with Gasteiger partial charge in [0, 0.05) is 116 Å². The second kappa shape index (κ2) is 32.5. The number of furan rings is 4. The zero-order valence-corrected chi connectivity index (χ0v) is 68.2. The molecule has 9 heteroatoms. The molecule has 10 aromatic carbocycles. The van der Waals surface area contributed by atoms with Crippen LogP contribution in [0.15, 0.2) is 310 Å². The molecule has 0 aliphatic carbocycles. The Hall–Kier alpha value is -12.9. The van der Waals surface area contributed by atoms with E-state index in [1.807, 2.05) is 131 Å². The number of pyridine rings is 5. The van der Waals surface area contributed by atoms with Gasteiger partial charge in [-0.15, -0.1) is 0 Å². The molecule has 566 valence electrons. The van der Waals surface area contributed by atoms with Crippen molar-refractivity contribution >= 4 is 87.8 Å². The molecule has 114 heavy (non-hydrogen) atoms. The number of hydrogen-bond donors (Lipinski definition) is 0. The Balaban J connectivity index is 0.000000117. The molecule has 0 radical (unpaired) electrons. The van der Waals surface area contributed by atoms with Gasteiger partial charge < -0.3 is 17.7 Å². The van der Waals surface area contributed by atoms with Crippen LogP contribution in [-0.2, 0) is 35.2 Å². The van der Waals surface area contributed by atoms with Crippen molar-refractivity contribution in [3.05, 3.63) is 342 Å². The van der Waals surface area contributed by atoms with Crippen LogP contribution in [0.1, 0.15) is 116 Å². The summed E-state index contributed by atoms with van der Waals surface area (Å²) in [6.07, 6.45) is 10.3. The lowest BCUT2D eigenvalue weighted by Gasteiger charge is -2.09. The van der Waals surface area contributed by atoms with E-state index in [-0.39, 0.29) is 0 Å². The SMILES string of the molecule is Cc1cc(-c2ccccc2C)[n+](C)cc1-c1ccccc1.Cc1ccc2c(oc3ccccc32)c1-c1cc(C(C)C)cc[n+]1C.Cc1ccc2c(oc3ccccc32)c1-c1cccc[n+]1C.[2H]C(C)(C)c1cc[n+](C)c(-c2c(C)ccc3c2oc2ccccc23)c1.[2H]C([2H])([2H])C([2H])(C)c1cc[n+](C)c(-c2c(C)ccc3c2oc2ccccc23)c1. The van der Waals surface area contributed by atoms with Crippen molar-refractivity contribution in [2.45, 2.75) is 101 Å². The van der Waals surface area contributed by atoms with Gasteiger partial charge in [-0.25, -0.2) is 22.8 Å². The number of nitrogens with zero attached hydrogens (tertiary/aromatic N) is 5. The van der Waals surface area contributed by atoms with Crippen LogP contribution < -0.4 is 22.8 Å². The zero-order valence-electron chi connectivity index (χ0n) is 73.2. The summed E-state index contributed by atoms with van der Waals surface area (Å²) in [5, 5.41) is 9.04. The smallest absolute Gasteiger partial charge is 0.216 e. The van der Waals surface area contributed by atoms with Crippen LogP contribution in [0.25, 0.3) is 155 Å². The molecule has 0 fully saturated rings. The van der Waals surface area contributed by atoms with Crippen LogP contribution in [0.2, 0.25) is 0 Å². The minimum atomic E-state index is -2.43. The van der Waals surface area contributed by atoms with Gasteiger partial charge in [-0.1, -0.05) is 211 Å². The zero-order chi connectivity index (χ0) is 84.1. The van der Waals surface area contributed by atoms with Gasteiger partial charge in [0.25, 0.3) is 0 Å². The maximum Gasteiger partial charge on any atom is 0.216 e. The van der Waals surface area contributed by atoms with E-state index in [1.165, 1.54) is 107 Å². The predicted molar refractivity (Wildman–Crippen MR) is 471 cm³/mol. The van der Waals surface area contributed by atoms with Crippen LogP contribution >= 0.6 is 0 Å². The molecule has 0 saturated carbocycles. The first-order valence-corrected chi connectivity index (χ1v) is 39.2. The molecule has 19 aromatic rings. The highest BCUT2D eigenvalue weighted by Gasteiger charge is 2.27. The number of rotatable bonds is 9. The highest BCUT2D eigenvalue weighted by Crippen LogP contribution is 2.42. The van der Waals surface area contributed by atoms with E-state index < -0.39 is 18.6 Å². The number of aryl methyl sites for hydroxylation is 11. The summed E-state index contributed by atoms with van der Waals surface area (Å²) in [5.74, 6) is -1.84. The van der Waals surface area contributed by atoms with E-state index in [4.69, 9.17) is 24.5 Å². The van der Waals surface area contributed by atoms with Gasteiger partial charge in [0.1, 0.15) is 79.9 Å². The molecular formula is C105H102N5O4+5. The van der Waals surface area contributed by atoms with Crippen LogP contribution in [0.5, 0.6) is 0 Å². The molecule has 0 amide bonds. The summed E-state index contributed by atoms with van der Waals surface area (Å²) >= 11 is 0. The third-order valence-electron chi connectivity index (χ3n) is 22.2. The molecule has 19 rings (SSSR count). The average molecular weight is 1500 g/mol. The van der Waals surface area contributed by atoms with E-state index in [9.17, 15) is 0 Å². The Morgan fingerprint density at radius 3 is 1.02 bits per heavy atom. The van der Waals surface area contributed by atoms with Gasteiger partial charge in [-0.05, 0) is 151 Å². The molecular weight excluding hydrogens is 1400 g/mol. The summed E-state index contributed by atoms with van der Waals surface area (Å²) in [6.45, 7) is 20.1. The van der Waals surface area contributed by atoms with Gasteiger partial charge in [0.05, 0.1) is 22.3 Å². The van der Waals surface area contributed by atoms with E-state index in [0.717, 1.165) is 99.9 Å². The fourth-order valence-corrected chi connectivity index (χ4v) is 15.8. The van der Waals surface area contributed by atoms with Gasteiger partial charge in [-0.2, -0.15) is 0 Å². The summed E-state index contributed by atoms with van der Waals surface area (Å²) in [6, 6.07) is 89.4. The van der Waals surface area contributed by atoms with Crippen molar-refractivity contribution in [1.82, 2.24) is 0 Å². The number of para-hydroxylation sites is 4. The minimum absolute atomic E-state index is 0.452. The fourth-order valence-electron chi connectivity index (χ4n) is 15.8. The maximum atomic E-state index is 8.46. The number of fused-ring (bicyclic) bond motifs is 12. The van der Waals surface area contributed by atoms with Crippen LogP contribution in [0.4, 0.5) is 0 Å². The molecule has 0 N–H and O–H groups in total. The van der Waals surface area contributed by atoms with E-state index >= 15 is 0 Å². The lowest BCUT2D eigenvalue weighted by molar-refractivity contribution is -0.660. The van der Waals surface area contributed by atoms with E-state index in [1.54, 1.807) is 12.1 Å². The number of hydrogen-bond acceptors (Lipinski definition) is 4. The molecule has 9 heterocycles. The monoisotopic (exact) mass is 1500 g/mol. The Morgan fingerprint density at radius 2 is 0.623 bits per heavy atom. The first kappa shape index (κ1) is 70.3. The van der Waals surface area contributed by atoms with Crippen molar-refractivity contribution in [3.63, 3.8) is 0 Å². The summed E-state index contributed by atoms with van der Waals surface area (Å²) in [7, 11) is 10.2. The molecule has 1 unspecified atom stereocenters. The topological polar surface area (TPSA) is 72.0 Å².